The molecule has 0 aromatic rings. The van der Waals surface area contributed by atoms with Gasteiger partial charge >= 0.3 is 0 Å². The van der Waals surface area contributed by atoms with Gasteiger partial charge in [-0.3, -0.25) is 0 Å². The topological polar surface area (TPSA) is 69.9 Å². The van der Waals surface area contributed by atoms with E-state index < -0.39 is 29.6 Å². The van der Waals surface area contributed by atoms with Gasteiger partial charge in [0.2, 0.25) is 0 Å². The van der Waals surface area contributed by atoms with Crippen LogP contribution in [0.2, 0.25) is 5.82 Å². The van der Waals surface area contributed by atoms with Crippen LogP contribution in [0.4, 0.5) is 0 Å². The molecule has 0 saturated carbocycles. The van der Waals surface area contributed by atoms with Gasteiger partial charge in [0, 0.05) is 0 Å². The van der Waals surface area contributed by atoms with E-state index >= 15 is 0 Å². The van der Waals surface area contributed by atoms with Crippen molar-refractivity contribution in [2.24, 2.45) is 0 Å². The average Bonchev–Trinajstić information content (AvgIpc) is 2.08. The zero-order chi connectivity index (χ0) is 9.30. The lowest BCUT2D eigenvalue weighted by molar-refractivity contribution is -0.148. The van der Waals surface area contributed by atoms with Crippen LogP contribution in [0.15, 0.2) is 0 Å². The second kappa shape index (κ2) is 3.98. The van der Waals surface area contributed by atoms with Gasteiger partial charge in [0.25, 0.3) is 0 Å². The summed E-state index contributed by atoms with van der Waals surface area (Å²) in [6, 6.07) is 0. The number of aliphatic hydroxyl groups excluding tert-OH is 3. The van der Waals surface area contributed by atoms with Crippen LogP contribution in [-0.2, 0) is 4.74 Å². The van der Waals surface area contributed by atoms with E-state index in [-0.39, 0.29) is 6.61 Å². The second-order valence-corrected chi connectivity index (χ2v) is 3.32. The van der Waals surface area contributed by atoms with Gasteiger partial charge in [-0.15, -0.1) is 12.6 Å². The summed E-state index contributed by atoms with van der Waals surface area (Å²) in [6.45, 7) is -0.335. The predicted molar refractivity (Wildman–Crippen MR) is 46.3 cm³/mol. The molecule has 2 unspecified atom stereocenters. The summed E-state index contributed by atoms with van der Waals surface area (Å²) in [4.78, 5) is 0. The number of hydrogen-bond acceptors (Lipinski definition) is 5. The Labute approximate surface area is 77.4 Å². The summed E-state index contributed by atoms with van der Waals surface area (Å²) in [5, 5.41) is 27.3. The van der Waals surface area contributed by atoms with Crippen LogP contribution < -0.4 is 0 Å². The average molecular weight is 190 g/mol. The molecule has 2 radical (unpaired) electrons. The quantitative estimate of drug-likeness (QED) is 0.294. The number of rotatable bonds is 1. The van der Waals surface area contributed by atoms with Crippen molar-refractivity contribution in [1.82, 2.24) is 0 Å². The molecule has 0 aromatic carbocycles. The minimum atomic E-state index is -1.05. The summed E-state index contributed by atoms with van der Waals surface area (Å²) in [6.07, 6.45) is -2.81. The first kappa shape index (κ1) is 10.3. The molecule has 0 spiro atoms. The summed E-state index contributed by atoms with van der Waals surface area (Å²) in [7, 11) is 5.44. The van der Waals surface area contributed by atoms with E-state index in [1.165, 1.54) is 0 Å². The maximum Gasteiger partial charge on any atom is 0.126 e. The third kappa shape index (κ3) is 1.77. The maximum atomic E-state index is 9.32. The molecule has 1 saturated heterocycles. The summed E-state index contributed by atoms with van der Waals surface area (Å²) in [5.74, 6) is -0.821. The molecule has 1 fully saturated rings. The largest absolute Gasteiger partial charge is 0.394 e. The molecule has 0 aliphatic carbocycles. The van der Waals surface area contributed by atoms with E-state index in [2.05, 4.69) is 12.6 Å². The standard InChI is InChI=1S/C6H11BO4S/c7-3-4(9)2(1-8)11-6(12)5(3)10/h2-6,8-10,12H,1H2/t2?,3-,4-,5?,6-/m0/s1. The molecule has 3 N–H and O–H groups in total. The van der Waals surface area contributed by atoms with Crippen molar-refractivity contribution in [3.05, 3.63) is 0 Å². The molecule has 1 aliphatic rings. The van der Waals surface area contributed by atoms with Gasteiger partial charge in [-0.2, -0.15) is 0 Å². The number of aliphatic hydroxyl groups is 3. The van der Waals surface area contributed by atoms with Crippen molar-refractivity contribution in [3.63, 3.8) is 0 Å². The fourth-order valence-corrected chi connectivity index (χ4v) is 1.49. The molecule has 12 heavy (non-hydrogen) atoms. The molecule has 0 aromatic heterocycles. The van der Waals surface area contributed by atoms with Crippen LogP contribution in [0.25, 0.3) is 0 Å². The van der Waals surface area contributed by atoms with E-state index in [4.69, 9.17) is 17.7 Å². The number of ether oxygens (including phenoxy) is 1. The van der Waals surface area contributed by atoms with Gasteiger partial charge in [0.1, 0.15) is 11.5 Å². The molecular formula is C6H11BO4S. The van der Waals surface area contributed by atoms with Crippen LogP contribution in [0.1, 0.15) is 0 Å². The van der Waals surface area contributed by atoms with Crippen LogP contribution in [0, 0.1) is 0 Å². The minimum absolute atomic E-state index is 0.335. The maximum absolute atomic E-state index is 9.32. The van der Waals surface area contributed by atoms with Crippen LogP contribution in [-0.4, -0.2) is 53.5 Å². The monoisotopic (exact) mass is 190 g/mol. The fourth-order valence-electron chi connectivity index (χ4n) is 1.13. The van der Waals surface area contributed by atoms with Gasteiger partial charge < -0.3 is 20.1 Å². The smallest absolute Gasteiger partial charge is 0.126 e. The Morgan fingerprint density at radius 1 is 1.33 bits per heavy atom. The van der Waals surface area contributed by atoms with Gasteiger partial charge in [-0.1, -0.05) is 0 Å². The van der Waals surface area contributed by atoms with Crippen molar-refractivity contribution < 1.29 is 20.1 Å². The third-order valence-electron chi connectivity index (χ3n) is 1.96. The second-order valence-electron chi connectivity index (χ2n) is 2.81. The highest BCUT2D eigenvalue weighted by Gasteiger charge is 2.39. The van der Waals surface area contributed by atoms with Crippen LogP contribution in [0.3, 0.4) is 0 Å². The Morgan fingerprint density at radius 2 is 1.92 bits per heavy atom. The molecular weight excluding hydrogens is 179 g/mol. The summed E-state index contributed by atoms with van der Waals surface area (Å²) < 4.78 is 4.96. The molecule has 0 amide bonds. The zero-order valence-corrected chi connectivity index (χ0v) is 7.26. The fraction of sp³-hybridized carbons (Fsp3) is 1.00. The molecule has 0 bridgehead atoms. The van der Waals surface area contributed by atoms with Crippen LogP contribution in [0.5, 0.6) is 0 Å². The number of thiol groups is 1. The molecule has 4 nitrogen and oxygen atoms in total. The normalized spacial score (nSPS) is 49.2. The van der Waals surface area contributed by atoms with E-state index in [9.17, 15) is 10.2 Å². The van der Waals surface area contributed by atoms with Gasteiger partial charge in [0.15, 0.2) is 0 Å². The van der Waals surface area contributed by atoms with Gasteiger partial charge in [0.05, 0.1) is 26.7 Å². The SMILES string of the molecule is [B][C@@H]1C(O)[C@H](S)OC(CO)[C@@H]1O. The van der Waals surface area contributed by atoms with E-state index in [1.807, 2.05) is 0 Å². The summed E-state index contributed by atoms with van der Waals surface area (Å²) in [5.41, 5.74) is -0.749. The van der Waals surface area contributed by atoms with E-state index in [1.54, 1.807) is 0 Å². The minimum Gasteiger partial charge on any atom is -0.394 e. The Hall–Kier alpha value is 0.255. The first-order valence-electron chi connectivity index (χ1n) is 3.64. The Bertz CT molecular complexity index is 154. The highest BCUT2D eigenvalue weighted by atomic mass is 32.1. The Kier molecular flexibility index (Phi) is 3.42. The summed E-state index contributed by atoms with van der Waals surface area (Å²) >= 11 is 3.89. The van der Waals surface area contributed by atoms with Gasteiger partial charge in [-0.25, -0.2) is 0 Å². The highest BCUT2D eigenvalue weighted by molar-refractivity contribution is 7.80. The zero-order valence-electron chi connectivity index (χ0n) is 6.37. The Balaban J connectivity index is 2.63. The molecule has 5 atom stereocenters. The third-order valence-corrected chi connectivity index (χ3v) is 2.38. The first-order chi connectivity index (χ1) is 5.57. The molecule has 1 aliphatic heterocycles. The number of hydrogen-bond donors (Lipinski definition) is 4. The van der Waals surface area contributed by atoms with Crippen molar-refractivity contribution >= 4 is 20.5 Å². The Morgan fingerprint density at radius 3 is 2.42 bits per heavy atom. The lowest BCUT2D eigenvalue weighted by atomic mass is 9.75. The molecule has 6 heteroatoms. The van der Waals surface area contributed by atoms with Crippen molar-refractivity contribution in [3.8, 4) is 0 Å². The molecule has 1 heterocycles. The van der Waals surface area contributed by atoms with Gasteiger partial charge in [-0.05, 0) is 5.82 Å². The van der Waals surface area contributed by atoms with E-state index in [0.717, 1.165) is 0 Å². The molecule has 1 rings (SSSR count). The lowest BCUT2D eigenvalue weighted by Gasteiger charge is -2.39. The molecule has 68 valence electrons. The first-order valence-corrected chi connectivity index (χ1v) is 4.15. The highest BCUT2D eigenvalue weighted by Crippen LogP contribution is 2.29. The van der Waals surface area contributed by atoms with Crippen molar-refractivity contribution in [2.45, 2.75) is 29.6 Å². The van der Waals surface area contributed by atoms with E-state index in [0.29, 0.717) is 0 Å². The predicted octanol–water partition coefficient (Wildman–Crippen LogP) is -1.69. The van der Waals surface area contributed by atoms with Crippen molar-refractivity contribution in [1.29, 1.82) is 0 Å². The van der Waals surface area contributed by atoms with Crippen molar-refractivity contribution in [2.75, 3.05) is 6.61 Å². The lowest BCUT2D eigenvalue weighted by Crippen LogP contribution is -2.50. The van der Waals surface area contributed by atoms with Crippen LogP contribution >= 0.6 is 12.6 Å².